The maximum absolute atomic E-state index is 14.3. The van der Waals surface area contributed by atoms with Gasteiger partial charge in [-0.1, -0.05) is 19.9 Å². The molecule has 28 heavy (non-hydrogen) atoms. The molecule has 2 aromatic rings. The minimum atomic E-state index is -0.400. The van der Waals surface area contributed by atoms with E-state index >= 15 is 0 Å². The van der Waals surface area contributed by atoms with Crippen molar-refractivity contribution >= 4 is 23.2 Å². The number of likely N-dealkylation sites (tertiary alicyclic amines) is 1. The lowest BCUT2D eigenvalue weighted by Gasteiger charge is -2.22. The molecular formula is C22H30FN3O2. The van der Waals surface area contributed by atoms with Crippen LogP contribution in [0, 0.1) is 12.7 Å². The third-order valence-corrected chi connectivity index (χ3v) is 5.02. The number of amides is 1. The van der Waals surface area contributed by atoms with Crippen molar-refractivity contribution in [3.8, 4) is 0 Å². The molecule has 1 aliphatic rings. The van der Waals surface area contributed by atoms with E-state index in [0.29, 0.717) is 23.6 Å². The van der Waals surface area contributed by atoms with Gasteiger partial charge in [0.15, 0.2) is 5.78 Å². The number of nitrogens with zero attached hydrogens (tertiary/aromatic N) is 2. The number of hydrogen-bond acceptors (Lipinski definition) is 3. The van der Waals surface area contributed by atoms with Crippen molar-refractivity contribution in [1.82, 2.24) is 9.47 Å². The Hall–Kier alpha value is -2.63. The molecule has 0 saturated carbocycles. The van der Waals surface area contributed by atoms with Crippen molar-refractivity contribution in [1.29, 1.82) is 0 Å². The van der Waals surface area contributed by atoms with Gasteiger partial charge in [-0.2, -0.15) is 0 Å². The van der Waals surface area contributed by atoms with Gasteiger partial charge >= 0.3 is 0 Å². The highest BCUT2D eigenvalue weighted by molar-refractivity contribution is 6.04. The highest BCUT2D eigenvalue weighted by Crippen LogP contribution is 2.30. The van der Waals surface area contributed by atoms with Gasteiger partial charge in [-0.3, -0.25) is 9.59 Å². The number of carbonyl (C=O) groups excluding carboxylic acids is 2. The number of rotatable bonds is 4. The second-order valence-electron chi connectivity index (χ2n) is 7.01. The van der Waals surface area contributed by atoms with Crippen molar-refractivity contribution < 1.29 is 14.0 Å². The van der Waals surface area contributed by atoms with E-state index in [0.717, 1.165) is 18.4 Å². The molecule has 1 aromatic heterocycles. The summed E-state index contributed by atoms with van der Waals surface area (Å²) in [5, 5.41) is 3.02. The van der Waals surface area contributed by atoms with Crippen LogP contribution in [0.15, 0.2) is 24.3 Å². The van der Waals surface area contributed by atoms with Gasteiger partial charge in [0, 0.05) is 26.6 Å². The second-order valence-corrected chi connectivity index (χ2v) is 7.01. The number of aryl methyl sites for hydroxylation is 1. The zero-order valence-electron chi connectivity index (χ0n) is 17.6. The van der Waals surface area contributed by atoms with E-state index in [-0.39, 0.29) is 23.4 Å². The maximum Gasteiger partial charge on any atom is 0.257 e. The van der Waals surface area contributed by atoms with Crippen molar-refractivity contribution in [3.63, 3.8) is 0 Å². The topological polar surface area (TPSA) is 54.3 Å². The first-order chi connectivity index (χ1) is 13.3. The average molecular weight is 387 g/mol. The molecule has 1 N–H and O–H groups in total. The lowest BCUT2D eigenvalue weighted by molar-refractivity contribution is 0.0748. The number of ketones is 1. The number of carbonyl (C=O) groups is 2. The van der Waals surface area contributed by atoms with Crippen molar-refractivity contribution in [2.75, 3.05) is 11.9 Å². The summed E-state index contributed by atoms with van der Waals surface area (Å²) >= 11 is 0. The fourth-order valence-corrected chi connectivity index (χ4v) is 3.49. The van der Waals surface area contributed by atoms with Crippen LogP contribution in [-0.4, -0.2) is 33.7 Å². The SMILES string of the molecule is CC.CC(=O)c1cc(C(=O)N2CCCC2C)c(Nc2ccc(C)cc2F)n1C. The molecule has 6 heteroatoms. The molecule has 1 aromatic carbocycles. The normalized spacial score (nSPS) is 15.8. The number of Topliss-reactive ketones (excluding diaryl/α,β-unsaturated/α-hetero) is 1. The Morgan fingerprint density at radius 3 is 2.43 bits per heavy atom. The number of halogens is 1. The highest BCUT2D eigenvalue weighted by atomic mass is 19.1. The lowest BCUT2D eigenvalue weighted by atomic mass is 10.2. The van der Waals surface area contributed by atoms with Gasteiger partial charge in [0.25, 0.3) is 5.91 Å². The maximum atomic E-state index is 14.3. The summed E-state index contributed by atoms with van der Waals surface area (Å²) in [5.74, 6) is -0.243. The Morgan fingerprint density at radius 1 is 1.21 bits per heavy atom. The molecule has 1 atom stereocenters. The van der Waals surface area contributed by atoms with E-state index < -0.39 is 5.82 Å². The summed E-state index contributed by atoms with van der Waals surface area (Å²) in [6.45, 7) is 9.99. The Balaban J connectivity index is 0.00000136. The molecular weight excluding hydrogens is 357 g/mol. The standard InChI is InChI=1S/C20H24FN3O2.C2H6/c1-12-7-8-17(16(21)10-12)22-19-15(11-18(14(3)25)23(19)4)20(26)24-9-5-6-13(24)2;1-2/h7-8,10-11,13,22H,5-6,9H2,1-4H3;1-2H3. The van der Waals surface area contributed by atoms with Crippen LogP contribution in [-0.2, 0) is 7.05 Å². The van der Waals surface area contributed by atoms with Gasteiger partial charge in [0.2, 0.25) is 0 Å². The zero-order valence-corrected chi connectivity index (χ0v) is 17.6. The van der Waals surface area contributed by atoms with Crippen LogP contribution >= 0.6 is 0 Å². The van der Waals surface area contributed by atoms with Crippen molar-refractivity contribution in [2.45, 2.75) is 53.5 Å². The first kappa shape index (κ1) is 21.7. The summed E-state index contributed by atoms with van der Waals surface area (Å²) in [5.41, 5.74) is 1.89. The molecule has 1 amide bonds. The smallest absolute Gasteiger partial charge is 0.257 e. The molecule has 0 bridgehead atoms. The second kappa shape index (κ2) is 9.04. The van der Waals surface area contributed by atoms with Crippen LogP contribution < -0.4 is 5.32 Å². The van der Waals surface area contributed by atoms with Crippen LogP contribution in [0.1, 0.15) is 66.9 Å². The quantitative estimate of drug-likeness (QED) is 0.745. The molecule has 1 saturated heterocycles. The fraction of sp³-hybridized carbons (Fsp3) is 0.455. The van der Waals surface area contributed by atoms with Gasteiger partial charge in [0.1, 0.15) is 11.6 Å². The number of benzene rings is 1. The van der Waals surface area contributed by atoms with Crippen molar-refractivity contribution in [3.05, 3.63) is 46.9 Å². The monoisotopic (exact) mass is 387 g/mol. The summed E-state index contributed by atoms with van der Waals surface area (Å²) in [4.78, 5) is 26.8. The van der Waals surface area contributed by atoms with Gasteiger partial charge < -0.3 is 14.8 Å². The summed E-state index contributed by atoms with van der Waals surface area (Å²) in [6, 6.07) is 6.63. The van der Waals surface area contributed by atoms with Crippen LogP contribution in [0.2, 0.25) is 0 Å². The molecule has 2 heterocycles. The van der Waals surface area contributed by atoms with E-state index in [4.69, 9.17) is 0 Å². The Morgan fingerprint density at radius 2 is 1.89 bits per heavy atom. The van der Waals surface area contributed by atoms with E-state index in [1.54, 1.807) is 29.8 Å². The first-order valence-corrected chi connectivity index (χ1v) is 9.84. The minimum absolute atomic E-state index is 0.131. The summed E-state index contributed by atoms with van der Waals surface area (Å²) in [6.07, 6.45) is 1.93. The number of aromatic nitrogens is 1. The fourth-order valence-electron chi connectivity index (χ4n) is 3.49. The van der Waals surface area contributed by atoms with E-state index in [9.17, 15) is 14.0 Å². The Bertz CT molecular complexity index is 873. The highest BCUT2D eigenvalue weighted by Gasteiger charge is 2.30. The zero-order chi connectivity index (χ0) is 21.0. The number of hydrogen-bond donors (Lipinski definition) is 1. The van der Waals surface area contributed by atoms with E-state index in [1.165, 1.54) is 13.0 Å². The molecule has 152 valence electrons. The van der Waals surface area contributed by atoms with E-state index in [2.05, 4.69) is 5.32 Å². The molecule has 1 fully saturated rings. The Labute approximate surface area is 166 Å². The molecule has 0 radical (unpaired) electrons. The van der Waals surface area contributed by atoms with Crippen LogP contribution in [0.5, 0.6) is 0 Å². The molecule has 5 nitrogen and oxygen atoms in total. The predicted octanol–water partition coefficient (Wildman–Crippen LogP) is 5.07. The lowest BCUT2D eigenvalue weighted by Crippen LogP contribution is -2.33. The average Bonchev–Trinajstić information content (AvgIpc) is 3.22. The molecule has 3 rings (SSSR count). The molecule has 1 aliphatic heterocycles. The van der Waals surface area contributed by atoms with E-state index in [1.807, 2.05) is 32.6 Å². The summed E-state index contributed by atoms with van der Waals surface area (Å²) in [7, 11) is 1.70. The first-order valence-electron chi connectivity index (χ1n) is 9.84. The number of anilines is 2. The molecule has 1 unspecified atom stereocenters. The minimum Gasteiger partial charge on any atom is -0.339 e. The summed E-state index contributed by atoms with van der Waals surface area (Å²) < 4.78 is 15.9. The third kappa shape index (κ3) is 4.26. The third-order valence-electron chi connectivity index (χ3n) is 5.02. The molecule has 0 spiro atoms. The van der Waals surface area contributed by atoms with Crippen LogP contribution in [0.4, 0.5) is 15.9 Å². The van der Waals surface area contributed by atoms with Crippen LogP contribution in [0.3, 0.4) is 0 Å². The van der Waals surface area contributed by atoms with Gasteiger partial charge in [-0.25, -0.2) is 4.39 Å². The van der Waals surface area contributed by atoms with Crippen molar-refractivity contribution in [2.24, 2.45) is 7.05 Å². The van der Waals surface area contributed by atoms with Gasteiger partial charge in [-0.05, 0) is 50.5 Å². The van der Waals surface area contributed by atoms with Gasteiger partial charge in [0.05, 0.1) is 16.9 Å². The predicted molar refractivity (Wildman–Crippen MR) is 111 cm³/mol. The largest absolute Gasteiger partial charge is 0.339 e. The van der Waals surface area contributed by atoms with Crippen LogP contribution in [0.25, 0.3) is 0 Å². The number of nitrogens with one attached hydrogen (secondary N) is 1. The molecule has 0 aliphatic carbocycles. The Kier molecular flexibility index (Phi) is 7.00. The van der Waals surface area contributed by atoms with Gasteiger partial charge in [-0.15, -0.1) is 0 Å².